The summed E-state index contributed by atoms with van der Waals surface area (Å²) >= 11 is 0. The van der Waals surface area contributed by atoms with Crippen LogP contribution in [-0.4, -0.2) is 53.2 Å². The Morgan fingerprint density at radius 3 is 2.65 bits per heavy atom. The molecule has 1 aliphatic rings. The van der Waals surface area contributed by atoms with E-state index >= 15 is 0 Å². The maximum Gasteiger partial charge on any atom is 0.316 e. The van der Waals surface area contributed by atoms with Crippen molar-refractivity contribution < 1.29 is 29.3 Å². The Balaban J connectivity index is 2.61. The predicted octanol–water partition coefficient (Wildman–Crippen LogP) is 0.317. The first-order valence-corrected chi connectivity index (χ1v) is 8.28. The number of Topliss-reactive ketones (excluding diaryl/α,β-unsaturated/α-hetero) is 1. The molecule has 132 valence electrons. The number of ketones is 1. The van der Waals surface area contributed by atoms with Crippen molar-refractivity contribution in [3.63, 3.8) is 0 Å². The highest BCUT2D eigenvalue weighted by Gasteiger charge is 2.36. The molecule has 0 aromatic heterocycles. The van der Waals surface area contributed by atoms with Gasteiger partial charge >= 0.3 is 5.97 Å². The van der Waals surface area contributed by atoms with Crippen LogP contribution in [-0.2, 0) is 19.1 Å². The zero-order chi connectivity index (χ0) is 17.2. The van der Waals surface area contributed by atoms with Crippen LogP contribution in [0.15, 0.2) is 0 Å². The lowest BCUT2D eigenvalue weighted by atomic mass is 9.91. The summed E-state index contributed by atoms with van der Waals surface area (Å²) in [7, 11) is 0. The van der Waals surface area contributed by atoms with E-state index < -0.39 is 30.6 Å². The Bertz CT molecular complexity index is 411. The lowest BCUT2D eigenvalue weighted by Crippen LogP contribution is -2.41. The number of ether oxygens (including phenoxy) is 1. The molecule has 0 aromatic rings. The zero-order valence-electron chi connectivity index (χ0n) is 13.6. The predicted molar refractivity (Wildman–Crippen MR) is 82.5 cm³/mol. The molecular weight excluding hydrogens is 302 g/mol. The van der Waals surface area contributed by atoms with Crippen molar-refractivity contribution in [1.29, 1.82) is 0 Å². The molecule has 0 aromatic carbocycles. The van der Waals surface area contributed by atoms with E-state index in [1.54, 1.807) is 0 Å². The van der Waals surface area contributed by atoms with Gasteiger partial charge in [-0.2, -0.15) is 0 Å². The maximum atomic E-state index is 12.5. The second-order valence-electron chi connectivity index (χ2n) is 5.93. The van der Waals surface area contributed by atoms with Crippen LogP contribution < -0.4 is 5.32 Å². The number of hydrogen-bond donors (Lipinski definition) is 3. The molecule has 1 rings (SSSR count). The number of esters is 1. The Hall–Kier alpha value is -1.47. The van der Waals surface area contributed by atoms with Gasteiger partial charge in [0.15, 0.2) is 5.78 Å². The first-order valence-electron chi connectivity index (χ1n) is 8.28. The van der Waals surface area contributed by atoms with Gasteiger partial charge in [-0.3, -0.25) is 14.4 Å². The van der Waals surface area contributed by atoms with Crippen molar-refractivity contribution in [2.24, 2.45) is 5.92 Å². The normalized spacial score (nSPS) is 20.0. The van der Waals surface area contributed by atoms with Gasteiger partial charge in [0.25, 0.3) is 0 Å². The third-order valence-electron chi connectivity index (χ3n) is 3.94. The minimum absolute atomic E-state index is 0.183. The third kappa shape index (κ3) is 6.66. The summed E-state index contributed by atoms with van der Waals surface area (Å²) in [5, 5.41) is 20.6. The number of hydrogen-bond acceptors (Lipinski definition) is 6. The fourth-order valence-electron chi connectivity index (χ4n) is 2.55. The Kier molecular flexibility index (Phi) is 8.79. The van der Waals surface area contributed by atoms with E-state index in [2.05, 4.69) is 12.2 Å². The summed E-state index contributed by atoms with van der Waals surface area (Å²) in [5.41, 5.74) is 0. The molecular formula is C16H27NO6. The van der Waals surface area contributed by atoms with Gasteiger partial charge < -0.3 is 20.3 Å². The molecule has 0 radical (unpaired) electrons. The van der Waals surface area contributed by atoms with Crippen molar-refractivity contribution in [2.75, 3.05) is 13.2 Å². The van der Waals surface area contributed by atoms with Gasteiger partial charge in [-0.1, -0.05) is 32.6 Å². The summed E-state index contributed by atoms with van der Waals surface area (Å²) in [5.74, 6) is -2.13. The van der Waals surface area contributed by atoms with E-state index in [-0.39, 0.29) is 24.7 Å². The van der Waals surface area contributed by atoms with Gasteiger partial charge in [0.2, 0.25) is 5.91 Å². The topological polar surface area (TPSA) is 113 Å². The highest BCUT2D eigenvalue weighted by atomic mass is 16.5. The van der Waals surface area contributed by atoms with Gasteiger partial charge in [0, 0.05) is 6.42 Å². The Morgan fingerprint density at radius 1 is 1.35 bits per heavy atom. The van der Waals surface area contributed by atoms with E-state index in [4.69, 9.17) is 9.84 Å². The fourth-order valence-corrected chi connectivity index (χ4v) is 2.55. The number of carbonyl (C=O) groups is 3. The number of aliphatic hydroxyl groups is 2. The number of carbonyl (C=O) groups excluding carboxylic acids is 3. The molecule has 2 unspecified atom stereocenters. The summed E-state index contributed by atoms with van der Waals surface area (Å²) in [6.07, 6.45) is 3.63. The van der Waals surface area contributed by atoms with Crippen LogP contribution in [0.25, 0.3) is 0 Å². The zero-order valence-corrected chi connectivity index (χ0v) is 13.6. The quantitative estimate of drug-likeness (QED) is 0.286. The van der Waals surface area contributed by atoms with E-state index in [0.717, 1.165) is 25.7 Å². The van der Waals surface area contributed by atoms with Crippen LogP contribution in [0.5, 0.6) is 0 Å². The number of amides is 1. The highest BCUT2D eigenvalue weighted by Crippen LogP contribution is 2.19. The van der Waals surface area contributed by atoms with Gasteiger partial charge in [0.05, 0.1) is 12.6 Å². The minimum atomic E-state index is -1.15. The van der Waals surface area contributed by atoms with Crippen LogP contribution in [0.3, 0.4) is 0 Å². The Morgan fingerprint density at radius 2 is 2.09 bits per heavy atom. The van der Waals surface area contributed by atoms with Gasteiger partial charge in [-0.25, -0.2) is 0 Å². The molecule has 0 aliphatic carbocycles. The lowest BCUT2D eigenvalue weighted by molar-refractivity contribution is -0.156. The molecule has 0 spiro atoms. The first-order chi connectivity index (χ1) is 11.0. The summed E-state index contributed by atoms with van der Waals surface area (Å²) in [4.78, 5) is 35.9. The summed E-state index contributed by atoms with van der Waals surface area (Å²) in [6, 6.07) is -0.631. The van der Waals surface area contributed by atoms with E-state index in [9.17, 15) is 19.5 Å². The molecule has 3 atom stereocenters. The number of aliphatic hydroxyl groups excluding tert-OH is 2. The van der Waals surface area contributed by atoms with Crippen molar-refractivity contribution >= 4 is 17.7 Å². The average molecular weight is 329 g/mol. The molecule has 0 bridgehead atoms. The highest BCUT2D eigenvalue weighted by molar-refractivity contribution is 6.04. The van der Waals surface area contributed by atoms with Crippen LogP contribution >= 0.6 is 0 Å². The molecule has 1 amide bonds. The largest absolute Gasteiger partial charge is 0.462 e. The van der Waals surface area contributed by atoms with E-state index in [0.29, 0.717) is 12.8 Å². The fraction of sp³-hybridized carbons (Fsp3) is 0.812. The van der Waals surface area contributed by atoms with Crippen molar-refractivity contribution in [1.82, 2.24) is 5.32 Å². The minimum Gasteiger partial charge on any atom is -0.462 e. The van der Waals surface area contributed by atoms with Crippen molar-refractivity contribution in [3.8, 4) is 0 Å². The van der Waals surface area contributed by atoms with Crippen LogP contribution in [0, 0.1) is 5.92 Å². The third-order valence-corrected chi connectivity index (χ3v) is 3.94. The summed E-state index contributed by atoms with van der Waals surface area (Å²) in [6.45, 7) is 1.22. The van der Waals surface area contributed by atoms with Gasteiger partial charge in [0.1, 0.15) is 18.6 Å². The molecule has 1 heterocycles. The first kappa shape index (κ1) is 19.6. The Labute approximate surface area is 136 Å². The standard InChI is InChI=1S/C16H27NO6/c1-2-3-4-5-6-12(16(22)23-10-11(19)9-18)15(21)13-7-8-14(20)17-13/h11-13,18-19H,2-10H2,1H3,(H,17,20)/t11?,12?,13-/m0/s1. The molecule has 23 heavy (non-hydrogen) atoms. The second kappa shape index (κ2) is 10.3. The van der Waals surface area contributed by atoms with Crippen molar-refractivity contribution in [3.05, 3.63) is 0 Å². The lowest BCUT2D eigenvalue weighted by Gasteiger charge is -2.19. The molecule has 7 heteroatoms. The monoisotopic (exact) mass is 329 g/mol. The number of unbranched alkanes of at least 4 members (excludes halogenated alkanes) is 3. The second-order valence-corrected chi connectivity index (χ2v) is 5.93. The number of rotatable bonds is 11. The molecule has 1 aliphatic heterocycles. The van der Waals surface area contributed by atoms with Gasteiger partial charge in [-0.15, -0.1) is 0 Å². The maximum absolute atomic E-state index is 12.5. The molecule has 0 saturated carbocycles. The summed E-state index contributed by atoms with van der Waals surface area (Å²) < 4.78 is 4.94. The smallest absolute Gasteiger partial charge is 0.316 e. The average Bonchev–Trinajstić information content (AvgIpc) is 2.98. The van der Waals surface area contributed by atoms with Crippen molar-refractivity contribution in [2.45, 2.75) is 64.0 Å². The van der Waals surface area contributed by atoms with Crippen LogP contribution in [0.2, 0.25) is 0 Å². The van der Waals surface area contributed by atoms with E-state index in [1.807, 2.05) is 0 Å². The van der Waals surface area contributed by atoms with Crippen LogP contribution in [0.4, 0.5) is 0 Å². The molecule has 3 N–H and O–H groups in total. The molecule has 7 nitrogen and oxygen atoms in total. The molecule has 1 fully saturated rings. The van der Waals surface area contributed by atoms with E-state index in [1.165, 1.54) is 0 Å². The van der Waals surface area contributed by atoms with Gasteiger partial charge in [-0.05, 0) is 12.8 Å². The SMILES string of the molecule is CCCCCCC(C(=O)OCC(O)CO)C(=O)[C@@H]1CCC(=O)N1. The van der Waals surface area contributed by atoms with Crippen LogP contribution in [0.1, 0.15) is 51.9 Å². The number of nitrogens with one attached hydrogen (secondary N) is 1. The molecule has 1 saturated heterocycles.